The lowest BCUT2D eigenvalue weighted by Gasteiger charge is -2.18. The summed E-state index contributed by atoms with van der Waals surface area (Å²) in [6.45, 7) is 5.13. The zero-order valence-electron chi connectivity index (χ0n) is 17.1. The van der Waals surface area contributed by atoms with Crippen LogP contribution in [0.3, 0.4) is 0 Å². The topological polar surface area (TPSA) is 56.1 Å². The van der Waals surface area contributed by atoms with Crippen molar-refractivity contribution in [2.75, 3.05) is 13.2 Å². The van der Waals surface area contributed by atoms with Crippen molar-refractivity contribution in [1.29, 1.82) is 0 Å². The second-order valence-electron chi connectivity index (χ2n) is 8.10. The van der Waals surface area contributed by atoms with Crippen LogP contribution in [0.15, 0.2) is 88.8 Å². The first-order chi connectivity index (χ1) is 14.6. The minimum Gasteiger partial charge on any atom is -0.473 e. The molecule has 3 heterocycles. The minimum absolute atomic E-state index is 0.415. The molecule has 30 heavy (non-hydrogen) atoms. The highest BCUT2D eigenvalue weighted by Gasteiger charge is 2.36. The van der Waals surface area contributed by atoms with Crippen LogP contribution < -0.4 is 0 Å². The zero-order chi connectivity index (χ0) is 20.6. The third kappa shape index (κ3) is 3.26. The number of rotatable bonds is 4. The minimum atomic E-state index is -0.415. The number of hydrogen-bond acceptors (Lipinski definition) is 5. The van der Waals surface area contributed by atoms with Crippen molar-refractivity contribution >= 4 is 11.8 Å². The van der Waals surface area contributed by atoms with Crippen molar-refractivity contribution in [3.63, 3.8) is 0 Å². The van der Waals surface area contributed by atoms with Crippen LogP contribution in [0, 0.1) is 0 Å². The second-order valence-corrected chi connectivity index (χ2v) is 8.10. The summed E-state index contributed by atoms with van der Waals surface area (Å²) in [6, 6.07) is 26.1. The number of ether oxygens (including phenoxy) is 2. The van der Waals surface area contributed by atoms with Gasteiger partial charge in [0.2, 0.25) is 11.8 Å². The number of aromatic nitrogens is 1. The van der Waals surface area contributed by atoms with Crippen LogP contribution in [0.4, 0.5) is 0 Å². The van der Waals surface area contributed by atoms with E-state index < -0.39 is 11.1 Å². The monoisotopic (exact) mass is 397 g/mol. The first-order valence-electron chi connectivity index (χ1n) is 10.1. The van der Waals surface area contributed by atoms with Gasteiger partial charge in [-0.05, 0) is 37.1 Å². The lowest BCUT2D eigenvalue weighted by atomic mass is 9.94. The van der Waals surface area contributed by atoms with E-state index in [-0.39, 0.29) is 0 Å². The Morgan fingerprint density at radius 2 is 1.03 bits per heavy atom. The number of benzene rings is 2. The molecule has 0 aliphatic carbocycles. The average Bonchev–Trinajstić information content (AvgIpc) is 3.40. The van der Waals surface area contributed by atoms with E-state index in [0.717, 1.165) is 11.1 Å². The molecule has 0 bridgehead atoms. The van der Waals surface area contributed by atoms with Gasteiger partial charge in [0.1, 0.15) is 35.7 Å². The fourth-order valence-electron chi connectivity index (χ4n) is 3.82. The van der Waals surface area contributed by atoms with Gasteiger partial charge >= 0.3 is 0 Å². The van der Waals surface area contributed by atoms with E-state index in [1.54, 1.807) is 0 Å². The van der Waals surface area contributed by atoms with E-state index in [1.165, 1.54) is 0 Å². The summed E-state index contributed by atoms with van der Waals surface area (Å²) in [4.78, 5) is 14.5. The summed E-state index contributed by atoms with van der Waals surface area (Å²) in [7, 11) is 0. The molecule has 2 aliphatic heterocycles. The van der Waals surface area contributed by atoms with E-state index in [4.69, 9.17) is 24.4 Å². The van der Waals surface area contributed by atoms with Crippen LogP contribution in [0.2, 0.25) is 0 Å². The molecule has 5 heteroatoms. The average molecular weight is 397 g/mol. The van der Waals surface area contributed by atoms with Gasteiger partial charge < -0.3 is 9.47 Å². The maximum Gasteiger partial charge on any atom is 0.236 e. The summed E-state index contributed by atoms with van der Waals surface area (Å²) < 4.78 is 11.9. The number of aliphatic imine (C=N–C) groups is 2. The third-order valence-corrected chi connectivity index (χ3v) is 5.66. The van der Waals surface area contributed by atoms with E-state index in [0.29, 0.717) is 36.4 Å². The molecule has 2 aromatic carbocycles. The molecule has 3 aromatic rings. The summed E-state index contributed by atoms with van der Waals surface area (Å²) >= 11 is 0. The SMILES string of the molecule is CC1(c2ccccc2)COC(c2cccc(C3=NC(C)(c4ccccc4)CO3)n2)=N1. The summed E-state index contributed by atoms with van der Waals surface area (Å²) in [6.07, 6.45) is 0. The number of hydrogen-bond donors (Lipinski definition) is 0. The molecule has 0 spiro atoms. The molecule has 0 N–H and O–H groups in total. The lowest BCUT2D eigenvalue weighted by molar-refractivity contribution is 0.268. The van der Waals surface area contributed by atoms with Crippen LogP contribution >= 0.6 is 0 Å². The number of nitrogens with zero attached hydrogens (tertiary/aromatic N) is 3. The first kappa shape index (κ1) is 18.6. The fourth-order valence-corrected chi connectivity index (χ4v) is 3.82. The smallest absolute Gasteiger partial charge is 0.236 e. The molecule has 0 fully saturated rings. The Morgan fingerprint density at radius 1 is 0.600 bits per heavy atom. The molecule has 0 saturated heterocycles. The Kier molecular flexibility index (Phi) is 4.39. The molecular formula is C25H23N3O2. The summed E-state index contributed by atoms with van der Waals surface area (Å²) in [5, 5.41) is 0. The van der Waals surface area contributed by atoms with E-state index >= 15 is 0 Å². The second kappa shape index (κ2) is 7.10. The molecule has 2 aliphatic rings. The zero-order valence-corrected chi connectivity index (χ0v) is 17.1. The maximum absolute atomic E-state index is 5.94. The molecular weight excluding hydrogens is 374 g/mol. The Hall–Kier alpha value is -3.47. The van der Waals surface area contributed by atoms with Gasteiger partial charge in [0.05, 0.1) is 0 Å². The van der Waals surface area contributed by atoms with E-state index in [2.05, 4.69) is 38.1 Å². The van der Waals surface area contributed by atoms with Gasteiger partial charge in [0.25, 0.3) is 0 Å². The molecule has 1 aromatic heterocycles. The van der Waals surface area contributed by atoms with Crippen LogP contribution in [0.5, 0.6) is 0 Å². The van der Waals surface area contributed by atoms with E-state index in [9.17, 15) is 0 Å². The third-order valence-electron chi connectivity index (χ3n) is 5.66. The van der Waals surface area contributed by atoms with Gasteiger partial charge in [-0.2, -0.15) is 0 Å². The summed E-state index contributed by atoms with van der Waals surface area (Å²) in [5.74, 6) is 1.10. The van der Waals surface area contributed by atoms with Gasteiger partial charge in [0, 0.05) is 0 Å². The first-order valence-corrected chi connectivity index (χ1v) is 10.1. The molecule has 5 rings (SSSR count). The van der Waals surface area contributed by atoms with Crippen molar-refractivity contribution in [1.82, 2.24) is 4.98 Å². The van der Waals surface area contributed by atoms with Gasteiger partial charge in [-0.25, -0.2) is 15.0 Å². The molecule has 150 valence electrons. The highest BCUT2D eigenvalue weighted by Crippen LogP contribution is 2.33. The number of pyridine rings is 1. The van der Waals surface area contributed by atoms with Crippen LogP contribution in [-0.4, -0.2) is 30.0 Å². The van der Waals surface area contributed by atoms with Crippen LogP contribution in [0.25, 0.3) is 0 Å². The van der Waals surface area contributed by atoms with Crippen LogP contribution in [0.1, 0.15) is 36.4 Å². The molecule has 0 radical (unpaired) electrons. The van der Waals surface area contributed by atoms with Crippen molar-refractivity contribution < 1.29 is 9.47 Å². The maximum atomic E-state index is 5.94. The predicted molar refractivity (Wildman–Crippen MR) is 117 cm³/mol. The Labute approximate surface area is 176 Å². The normalized spacial score (nSPS) is 25.3. The molecule has 0 saturated carbocycles. The quantitative estimate of drug-likeness (QED) is 0.653. The molecule has 2 atom stereocenters. The Bertz CT molecular complexity index is 1040. The Morgan fingerprint density at radius 3 is 1.47 bits per heavy atom. The van der Waals surface area contributed by atoms with Crippen molar-refractivity contribution in [2.24, 2.45) is 9.98 Å². The Balaban J connectivity index is 1.45. The van der Waals surface area contributed by atoms with Crippen molar-refractivity contribution in [2.45, 2.75) is 24.9 Å². The van der Waals surface area contributed by atoms with Crippen molar-refractivity contribution in [3.8, 4) is 0 Å². The molecule has 5 nitrogen and oxygen atoms in total. The van der Waals surface area contributed by atoms with E-state index in [1.807, 2.05) is 54.6 Å². The predicted octanol–water partition coefficient (Wildman–Crippen LogP) is 4.47. The summed E-state index contributed by atoms with van der Waals surface area (Å²) in [5.41, 5.74) is 2.79. The largest absolute Gasteiger partial charge is 0.473 e. The van der Waals surface area contributed by atoms with Gasteiger partial charge in [-0.3, -0.25) is 0 Å². The van der Waals surface area contributed by atoms with Gasteiger partial charge in [-0.15, -0.1) is 0 Å². The fraction of sp³-hybridized carbons (Fsp3) is 0.240. The molecule has 2 unspecified atom stereocenters. The van der Waals surface area contributed by atoms with Gasteiger partial charge in [0.15, 0.2) is 0 Å². The highest BCUT2D eigenvalue weighted by molar-refractivity contribution is 5.97. The standard InChI is InChI=1S/C25H23N3O2/c1-24(18-10-5-3-6-11-18)16-29-22(27-24)20-14-9-15-21(26-20)23-28-25(2,17-30-23)19-12-7-4-8-13-19/h3-15H,16-17H2,1-2H3. The van der Waals surface area contributed by atoms with Crippen LogP contribution in [-0.2, 0) is 20.6 Å². The highest BCUT2D eigenvalue weighted by atomic mass is 16.5. The molecule has 0 amide bonds. The van der Waals surface area contributed by atoms with Gasteiger partial charge in [-0.1, -0.05) is 66.7 Å². The van der Waals surface area contributed by atoms with Crippen molar-refractivity contribution in [3.05, 3.63) is 101 Å². The lowest BCUT2D eigenvalue weighted by Crippen LogP contribution is -2.20.